The molecule has 4 N–H and O–H groups in total. The molecule has 0 atom stereocenters. The number of carbonyl (C=O) groups excluding carboxylic acids is 1. The molecule has 0 saturated carbocycles. The van der Waals surface area contributed by atoms with Crippen molar-refractivity contribution in [3.05, 3.63) is 62.7 Å². The predicted octanol–water partition coefficient (Wildman–Crippen LogP) is 5.14. The molecule has 5 nitrogen and oxygen atoms in total. The smallest absolute Gasteiger partial charge is 0.252 e. The molecule has 0 fully saturated rings. The molecule has 28 heavy (non-hydrogen) atoms. The highest BCUT2D eigenvalue weighted by atomic mass is 79.9. The Bertz CT molecular complexity index is 1220. The van der Waals surface area contributed by atoms with Gasteiger partial charge in [0.25, 0.3) is 5.91 Å². The molecule has 4 rings (SSSR count). The number of hydrogen-bond acceptors (Lipinski definition) is 3. The number of nitrogens with two attached hydrogens (primary N) is 1. The molecule has 0 aliphatic rings. The topological polar surface area (TPSA) is 83.8 Å². The fraction of sp³-hybridized carbons (Fsp3) is 0.100. The van der Waals surface area contributed by atoms with Gasteiger partial charge in [-0.2, -0.15) is 0 Å². The maximum atomic E-state index is 12.8. The Kier molecular flexibility index (Phi) is 5.29. The summed E-state index contributed by atoms with van der Waals surface area (Å²) in [6, 6.07) is 11.0. The van der Waals surface area contributed by atoms with Gasteiger partial charge in [-0.25, -0.2) is 4.98 Å². The molecule has 0 spiro atoms. The second-order valence-corrected chi connectivity index (χ2v) is 8.03. The Balaban J connectivity index is 1.99. The van der Waals surface area contributed by atoms with Gasteiger partial charge in [0.1, 0.15) is 0 Å². The van der Waals surface area contributed by atoms with Crippen molar-refractivity contribution in [3.63, 3.8) is 0 Å². The van der Waals surface area contributed by atoms with Crippen LogP contribution in [0.5, 0.6) is 0 Å². The molecule has 1 amide bonds. The second kappa shape index (κ2) is 7.72. The lowest BCUT2D eigenvalue weighted by atomic mass is 10.0. The monoisotopic (exact) mass is 476 g/mol. The molecule has 8 heteroatoms. The zero-order chi connectivity index (χ0) is 19.8. The van der Waals surface area contributed by atoms with Crippen LogP contribution in [0.25, 0.3) is 33.1 Å². The molecule has 0 radical (unpaired) electrons. The fourth-order valence-electron chi connectivity index (χ4n) is 3.19. The number of benzene rings is 2. The zero-order valence-electron chi connectivity index (χ0n) is 14.5. The Hall–Kier alpha value is -2.12. The highest BCUT2D eigenvalue weighted by Crippen LogP contribution is 2.35. The number of aromatic nitrogens is 2. The van der Waals surface area contributed by atoms with E-state index in [9.17, 15) is 4.79 Å². The molecule has 142 valence electrons. The summed E-state index contributed by atoms with van der Waals surface area (Å²) < 4.78 is 0.952. The average molecular weight is 478 g/mol. The van der Waals surface area contributed by atoms with Gasteiger partial charge in [-0.15, -0.1) is 0 Å². The normalized spacial score (nSPS) is 11.3. The number of carbonyl (C=O) groups is 1. The van der Waals surface area contributed by atoms with E-state index in [1.807, 2.05) is 24.4 Å². The largest absolute Gasteiger partial charge is 0.360 e. The van der Waals surface area contributed by atoms with Gasteiger partial charge in [0.05, 0.1) is 21.8 Å². The van der Waals surface area contributed by atoms with Gasteiger partial charge in [-0.3, -0.25) is 4.79 Å². The van der Waals surface area contributed by atoms with E-state index in [-0.39, 0.29) is 5.91 Å². The quantitative estimate of drug-likeness (QED) is 0.380. The molecule has 4 aromatic rings. The van der Waals surface area contributed by atoms with Gasteiger partial charge < -0.3 is 16.0 Å². The number of rotatable bonds is 4. The minimum Gasteiger partial charge on any atom is -0.360 e. The lowest BCUT2D eigenvalue weighted by Crippen LogP contribution is -2.29. The first-order valence-electron chi connectivity index (χ1n) is 8.53. The molecular formula is C20H15BrCl2N4O. The van der Waals surface area contributed by atoms with Gasteiger partial charge >= 0.3 is 0 Å². The Morgan fingerprint density at radius 2 is 2.04 bits per heavy atom. The summed E-state index contributed by atoms with van der Waals surface area (Å²) >= 11 is 16.1. The third-order valence-corrected chi connectivity index (χ3v) is 5.43. The number of fused-ring (bicyclic) bond motifs is 2. The van der Waals surface area contributed by atoms with Crippen LogP contribution >= 0.6 is 39.1 Å². The first-order chi connectivity index (χ1) is 13.5. The van der Waals surface area contributed by atoms with Crippen molar-refractivity contribution in [2.24, 2.45) is 5.73 Å². The van der Waals surface area contributed by atoms with Crippen molar-refractivity contribution in [2.75, 3.05) is 13.1 Å². The van der Waals surface area contributed by atoms with Crippen LogP contribution in [0.15, 0.2) is 47.1 Å². The molecular weight excluding hydrogens is 463 g/mol. The number of nitrogens with zero attached hydrogens (tertiary/aromatic N) is 1. The number of pyridine rings is 1. The van der Waals surface area contributed by atoms with Gasteiger partial charge in [-0.05, 0) is 36.4 Å². The summed E-state index contributed by atoms with van der Waals surface area (Å²) in [4.78, 5) is 20.8. The highest BCUT2D eigenvalue weighted by Gasteiger charge is 2.18. The SMILES string of the molecule is NCCNC(=O)c1cc(-c2c[nH]c3ccc(Br)cc23)nc2cc(Cl)cc(Cl)c12. The average Bonchev–Trinajstić information content (AvgIpc) is 3.07. The number of amides is 1. The minimum atomic E-state index is -0.260. The van der Waals surface area contributed by atoms with Crippen molar-refractivity contribution in [3.8, 4) is 11.3 Å². The third-order valence-electron chi connectivity index (χ3n) is 4.42. The first-order valence-corrected chi connectivity index (χ1v) is 10.1. The van der Waals surface area contributed by atoms with Crippen molar-refractivity contribution in [2.45, 2.75) is 0 Å². The summed E-state index contributed by atoms with van der Waals surface area (Å²) in [5.74, 6) is -0.260. The van der Waals surface area contributed by atoms with Gasteiger partial charge in [0.2, 0.25) is 0 Å². The van der Waals surface area contributed by atoms with E-state index >= 15 is 0 Å². The maximum Gasteiger partial charge on any atom is 0.252 e. The predicted molar refractivity (Wildman–Crippen MR) is 118 cm³/mol. The Labute approximate surface area is 179 Å². The van der Waals surface area contributed by atoms with Crippen LogP contribution in [0.4, 0.5) is 0 Å². The molecule has 2 aromatic carbocycles. The van der Waals surface area contributed by atoms with E-state index in [1.165, 1.54) is 0 Å². The van der Waals surface area contributed by atoms with Gasteiger partial charge in [-0.1, -0.05) is 39.1 Å². The van der Waals surface area contributed by atoms with Crippen molar-refractivity contribution >= 4 is 66.8 Å². The molecule has 0 aliphatic heterocycles. The van der Waals surface area contributed by atoms with Crippen LogP contribution in [0.3, 0.4) is 0 Å². The van der Waals surface area contributed by atoms with Crippen molar-refractivity contribution in [1.29, 1.82) is 0 Å². The Morgan fingerprint density at radius 1 is 1.21 bits per heavy atom. The second-order valence-electron chi connectivity index (χ2n) is 6.27. The van der Waals surface area contributed by atoms with Crippen molar-refractivity contribution in [1.82, 2.24) is 15.3 Å². The number of aromatic amines is 1. The van der Waals surface area contributed by atoms with E-state index in [0.717, 1.165) is 20.9 Å². The molecule has 0 unspecified atom stereocenters. The van der Waals surface area contributed by atoms with E-state index in [2.05, 4.69) is 26.2 Å². The Morgan fingerprint density at radius 3 is 2.82 bits per heavy atom. The summed E-state index contributed by atoms with van der Waals surface area (Å²) in [6.07, 6.45) is 1.87. The third kappa shape index (κ3) is 3.49. The molecule has 0 saturated heterocycles. The van der Waals surface area contributed by atoms with Crippen LogP contribution < -0.4 is 11.1 Å². The van der Waals surface area contributed by atoms with Crippen LogP contribution in [0, 0.1) is 0 Å². The fourth-order valence-corrected chi connectivity index (χ4v) is 4.13. The molecule has 0 bridgehead atoms. The van der Waals surface area contributed by atoms with E-state index in [4.69, 9.17) is 33.9 Å². The molecule has 0 aliphatic carbocycles. The standard InChI is InChI=1S/C20H15BrCl2N4O/c21-10-1-2-16-12(5-10)14(9-26-16)17-8-13(20(28)25-4-3-24)19-15(23)6-11(22)7-18(19)27-17/h1-2,5-9,26H,3-4,24H2,(H,25,28). The van der Waals surface area contributed by atoms with Crippen molar-refractivity contribution < 1.29 is 4.79 Å². The van der Waals surface area contributed by atoms with Gasteiger partial charge in [0, 0.05) is 50.6 Å². The first kappa shape index (κ1) is 19.2. The minimum absolute atomic E-state index is 0.260. The summed E-state index contributed by atoms with van der Waals surface area (Å²) in [7, 11) is 0. The lowest BCUT2D eigenvalue weighted by molar-refractivity contribution is 0.0956. The summed E-state index contributed by atoms with van der Waals surface area (Å²) in [5.41, 5.74) is 9.00. The summed E-state index contributed by atoms with van der Waals surface area (Å²) in [5, 5.41) is 5.18. The maximum absolute atomic E-state index is 12.8. The number of hydrogen-bond donors (Lipinski definition) is 3. The molecule has 2 heterocycles. The number of H-pyrrole nitrogens is 1. The van der Waals surface area contributed by atoms with Crippen LogP contribution in [-0.4, -0.2) is 29.0 Å². The van der Waals surface area contributed by atoms with Gasteiger partial charge in [0.15, 0.2) is 0 Å². The van der Waals surface area contributed by atoms with Crippen LogP contribution in [-0.2, 0) is 0 Å². The number of nitrogens with one attached hydrogen (secondary N) is 2. The van der Waals surface area contributed by atoms with Crippen LogP contribution in [0.2, 0.25) is 10.0 Å². The van der Waals surface area contributed by atoms with E-state index < -0.39 is 0 Å². The summed E-state index contributed by atoms with van der Waals surface area (Å²) in [6.45, 7) is 0.709. The van der Waals surface area contributed by atoms with E-state index in [1.54, 1.807) is 18.2 Å². The highest BCUT2D eigenvalue weighted by molar-refractivity contribution is 9.10. The lowest BCUT2D eigenvalue weighted by Gasteiger charge is -2.12. The zero-order valence-corrected chi connectivity index (χ0v) is 17.6. The number of halogens is 3. The molecule has 2 aromatic heterocycles. The van der Waals surface area contributed by atoms with Crippen LogP contribution in [0.1, 0.15) is 10.4 Å². The van der Waals surface area contributed by atoms with E-state index in [0.29, 0.717) is 45.3 Å².